The van der Waals surface area contributed by atoms with Gasteiger partial charge in [0.05, 0.1) is 11.7 Å². The van der Waals surface area contributed by atoms with Gasteiger partial charge in [-0.25, -0.2) is 0 Å². The van der Waals surface area contributed by atoms with Crippen LogP contribution in [0, 0.1) is 6.92 Å². The molecule has 0 radical (unpaired) electrons. The highest BCUT2D eigenvalue weighted by Gasteiger charge is 2.41. The van der Waals surface area contributed by atoms with E-state index in [1.165, 1.54) is 11.3 Å². The molecule has 1 N–H and O–H groups in total. The highest BCUT2D eigenvalue weighted by Crippen LogP contribution is 2.41. The summed E-state index contributed by atoms with van der Waals surface area (Å²) in [6, 6.07) is 22.8. The second-order valence-electron chi connectivity index (χ2n) is 7.75. The van der Waals surface area contributed by atoms with E-state index in [0.29, 0.717) is 5.11 Å². The number of pyridine rings is 2. The molecule has 1 fully saturated rings. The molecule has 5 nitrogen and oxygen atoms in total. The predicted octanol–water partition coefficient (Wildman–Crippen LogP) is 4.81. The molecule has 5 rings (SSSR count). The molecule has 4 aromatic rings. The average molecular weight is 426 g/mol. The molecule has 0 saturated carbocycles. The van der Waals surface area contributed by atoms with E-state index in [1.807, 2.05) is 30.6 Å². The molecule has 1 aliphatic rings. The Bertz CT molecular complexity index is 1170. The maximum atomic E-state index is 5.82. The minimum absolute atomic E-state index is 0.0308. The Labute approximate surface area is 187 Å². The fraction of sp³-hybridized carbons (Fsp3) is 0.160. The summed E-state index contributed by atoms with van der Waals surface area (Å²) >= 11 is 5.82. The van der Waals surface area contributed by atoms with E-state index in [0.717, 1.165) is 23.5 Å². The van der Waals surface area contributed by atoms with Gasteiger partial charge in [0.1, 0.15) is 6.04 Å². The molecular weight excluding hydrogens is 402 g/mol. The highest BCUT2D eigenvalue weighted by atomic mass is 32.1. The van der Waals surface area contributed by atoms with Crippen molar-refractivity contribution in [3.05, 3.63) is 114 Å². The zero-order chi connectivity index (χ0) is 21.2. The number of hydrogen-bond donors (Lipinski definition) is 1. The normalized spacial score (nSPS) is 18.2. The molecule has 0 unspecified atom stereocenters. The zero-order valence-electron chi connectivity index (χ0n) is 17.2. The van der Waals surface area contributed by atoms with Crippen molar-refractivity contribution in [2.45, 2.75) is 25.6 Å². The lowest BCUT2D eigenvalue weighted by Crippen LogP contribution is -2.30. The first-order valence-electron chi connectivity index (χ1n) is 10.3. The van der Waals surface area contributed by atoms with Gasteiger partial charge >= 0.3 is 0 Å². The Morgan fingerprint density at radius 3 is 2.58 bits per heavy atom. The zero-order valence-corrected chi connectivity index (χ0v) is 18.0. The first-order valence-corrected chi connectivity index (χ1v) is 10.7. The van der Waals surface area contributed by atoms with Crippen LogP contribution in [0.1, 0.15) is 34.6 Å². The minimum Gasteiger partial charge on any atom is -0.351 e. The summed E-state index contributed by atoms with van der Waals surface area (Å²) in [4.78, 5) is 11.1. The molecule has 0 bridgehead atoms. The number of rotatable bonds is 5. The molecule has 0 spiro atoms. The van der Waals surface area contributed by atoms with Crippen molar-refractivity contribution in [3.63, 3.8) is 0 Å². The van der Waals surface area contributed by atoms with Crippen LogP contribution in [-0.4, -0.2) is 19.6 Å². The first-order chi connectivity index (χ1) is 15.2. The number of thiocarbonyl (C=S) groups is 1. The highest BCUT2D eigenvalue weighted by molar-refractivity contribution is 7.80. The number of aromatic nitrogens is 3. The minimum atomic E-state index is -0.0578. The van der Waals surface area contributed by atoms with E-state index in [-0.39, 0.29) is 12.1 Å². The molecule has 1 aromatic carbocycles. The second-order valence-corrected chi connectivity index (χ2v) is 8.14. The van der Waals surface area contributed by atoms with Crippen molar-refractivity contribution in [3.8, 4) is 0 Å². The number of anilines is 1. The molecule has 1 aliphatic heterocycles. The van der Waals surface area contributed by atoms with Crippen molar-refractivity contribution >= 4 is 23.0 Å². The van der Waals surface area contributed by atoms with Crippen LogP contribution >= 0.6 is 12.2 Å². The average Bonchev–Trinajstić information content (AvgIpc) is 3.39. The molecule has 0 amide bonds. The summed E-state index contributed by atoms with van der Waals surface area (Å²) in [5.74, 6) is 0. The van der Waals surface area contributed by atoms with Gasteiger partial charge in [0.2, 0.25) is 0 Å². The second kappa shape index (κ2) is 8.32. The Kier molecular flexibility index (Phi) is 5.22. The molecule has 0 aliphatic carbocycles. The van der Waals surface area contributed by atoms with E-state index in [1.54, 1.807) is 6.20 Å². The lowest BCUT2D eigenvalue weighted by atomic mass is 10.0. The monoisotopic (exact) mass is 425 g/mol. The van der Waals surface area contributed by atoms with Gasteiger partial charge in [0.15, 0.2) is 5.11 Å². The van der Waals surface area contributed by atoms with Gasteiger partial charge in [-0.3, -0.25) is 9.97 Å². The Morgan fingerprint density at radius 2 is 1.84 bits per heavy atom. The molecule has 4 heterocycles. The molecule has 31 heavy (non-hydrogen) atoms. The maximum absolute atomic E-state index is 5.82. The molecular formula is C25H23N5S. The molecule has 154 valence electrons. The van der Waals surface area contributed by atoms with Crippen LogP contribution in [0.2, 0.25) is 0 Å². The molecule has 2 atom stereocenters. The van der Waals surface area contributed by atoms with Crippen molar-refractivity contribution in [2.24, 2.45) is 0 Å². The fourth-order valence-corrected chi connectivity index (χ4v) is 4.51. The molecule has 3 aromatic heterocycles. The number of nitrogens with one attached hydrogen (secondary N) is 1. The Hall–Kier alpha value is -3.51. The Balaban J connectivity index is 1.60. The quantitative estimate of drug-likeness (QED) is 0.465. The van der Waals surface area contributed by atoms with Crippen LogP contribution in [0.25, 0.3) is 0 Å². The van der Waals surface area contributed by atoms with Crippen molar-refractivity contribution in [1.82, 2.24) is 19.9 Å². The Morgan fingerprint density at radius 1 is 0.968 bits per heavy atom. The van der Waals surface area contributed by atoms with Gasteiger partial charge in [0.25, 0.3) is 0 Å². The lowest BCUT2D eigenvalue weighted by molar-refractivity contribution is 0.533. The van der Waals surface area contributed by atoms with Crippen LogP contribution < -0.4 is 10.2 Å². The third-order valence-electron chi connectivity index (χ3n) is 5.65. The molecule has 1 saturated heterocycles. The van der Waals surface area contributed by atoms with Crippen LogP contribution in [0.4, 0.5) is 5.69 Å². The van der Waals surface area contributed by atoms with Gasteiger partial charge in [-0.2, -0.15) is 0 Å². The van der Waals surface area contributed by atoms with E-state index >= 15 is 0 Å². The van der Waals surface area contributed by atoms with Gasteiger partial charge in [-0.05, 0) is 67.2 Å². The SMILES string of the molecule is Cc1ccc(N2C(=S)N[C@@H](c3ccccn3)[C@@H]2c2cccn2Cc2cccnc2)cc1. The fourth-order valence-electron chi connectivity index (χ4n) is 4.17. The summed E-state index contributed by atoms with van der Waals surface area (Å²) in [6.45, 7) is 2.84. The summed E-state index contributed by atoms with van der Waals surface area (Å²) in [5, 5.41) is 4.24. The van der Waals surface area contributed by atoms with Crippen LogP contribution in [0.5, 0.6) is 0 Å². The van der Waals surface area contributed by atoms with Crippen molar-refractivity contribution < 1.29 is 0 Å². The van der Waals surface area contributed by atoms with E-state index in [9.17, 15) is 0 Å². The van der Waals surface area contributed by atoms with Gasteiger partial charge in [0, 0.05) is 42.7 Å². The van der Waals surface area contributed by atoms with Crippen molar-refractivity contribution in [2.75, 3.05) is 4.90 Å². The van der Waals surface area contributed by atoms with Crippen LogP contribution in [-0.2, 0) is 6.54 Å². The van der Waals surface area contributed by atoms with Crippen molar-refractivity contribution in [1.29, 1.82) is 0 Å². The van der Waals surface area contributed by atoms with Crippen LogP contribution in [0.15, 0.2) is 91.5 Å². The third-order valence-corrected chi connectivity index (χ3v) is 5.97. The lowest BCUT2D eigenvalue weighted by Gasteiger charge is -2.29. The predicted molar refractivity (Wildman–Crippen MR) is 127 cm³/mol. The smallest absolute Gasteiger partial charge is 0.174 e. The maximum Gasteiger partial charge on any atom is 0.174 e. The summed E-state index contributed by atoms with van der Waals surface area (Å²) in [5.41, 5.74) is 5.59. The van der Waals surface area contributed by atoms with E-state index in [2.05, 4.69) is 86.4 Å². The number of aryl methyl sites for hydroxylation is 1. The summed E-state index contributed by atoms with van der Waals surface area (Å²) < 4.78 is 2.27. The number of hydrogen-bond acceptors (Lipinski definition) is 3. The number of nitrogens with zero attached hydrogens (tertiary/aromatic N) is 4. The third kappa shape index (κ3) is 3.82. The number of benzene rings is 1. The summed E-state index contributed by atoms with van der Waals surface area (Å²) in [7, 11) is 0. The van der Waals surface area contributed by atoms with Gasteiger partial charge in [-0.1, -0.05) is 29.8 Å². The van der Waals surface area contributed by atoms with E-state index < -0.39 is 0 Å². The van der Waals surface area contributed by atoms with Crippen LogP contribution in [0.3, 0.4) is 0 Å². The largest absolute Gasteiger partial charge is 0.351 e. The van der Waals surface area contributed by atoms with E-state index in [4.69, 9.17) is 12.2 Å². The summed E-state index contributed by atoms with van der Waals surface area (Å²) in [6.07, 6.45) is 7.66. The first kappa shape index (κ1) is 19.5. The molecule has 6 heteroatoms. The topological polar surface area (TPSA) is 46.0 Å². The van der Waals surface area contributed by atoms with Gasteiger partial charge < -0.3 is 14.8 Å². The standard InChI is InChI=1S/C25H23N5S/c1-18-9-11-20(12-10-18)30-24(23(28-25(30)31)21-7-2-3-14-27-21)22-8-5-15-29(22)17-19-6-4-13-26-16-19/h2-16,23-24H,17H2,1H3,(H,28,31)/t23-,24-/m0/s1. The van der Waals surface area contributed by atoms with Gasteiger partial charge in [-0.15, -0.1) is 0 Å².